The predicted octanol–water partition coefficient (Wildman–Crippen LogP) is 1.85. The van der Waals surface area contributed by atoms with E-state index in [0.29, 0.717) is 0 Å². The standard InChI is InChI=1S/C18H18N6O5/c1-23-14(9-13(22-23)17(26)27)19-16(25)12-8-15(24(2)21-12)20-18(28)29-10-11-6-4-3-5-7-11/h3-9H,10H2,1-2H3,(H,19,25)(H,20,28)(H,26,27). The van der Waals surface area contributed by atoms with Crippen LogP contribution in [0.15, 0.2) is 42.5 Å². The van der Waals surface area contributed by atoms with Crippen molar-refractivity contribution in [3.8, 4) is 0 Å². The van der Waals surface area contributed by atoms with E-state index in [0.717, 1.165) is 5.56 Å². The van der Waals surface area contributed by atoms with Gasteiger partial charge in [-0.05, 0) is 5.56 Å². The van der Waals surface area contributed by atoms with Crippen molar-refractivity contribution in [3.05, 3.63) is 59.4 Å². The Morgan fingerprint density at radius 1 is 0.966 bits per heavy atom. The van der Waals surface area contributed by atoms with Crippen LogP contribution in [-0.2, 0) is 25.4 Å². The molecule has 2 heterocycles. The summed E-state index contributed by atoms with van der Waals surface area (Å²) in [6, 6.07) is 11.8. The highest BCUT2D eigenvalue weighted by molar-refractivity contribution is 6.03. The quantitative estimate of drug-likeness (QED) is 0.575. The molecule has 0 saturated carbocycles. The van der Waals surface area contributed by atoms with E-state index in [4.69, 9.17) is 9.84 Å². The average Bonchev–Trinajstić information content (AvgIpc) is 3.24. The van der Waals surface area contributed by atoms with Gasteiger partial charge in [0, 0.05) is 26.2 Å². The van der Waals surface area contributed by atoms with Gasteiger partial charge in [0.1, 0.15) is 18.2 Å². The van der Waals surface area contributed by atoms with Gasteiger partial charge in [0.05, 0.1) is 0 Å². The van der Waals surface area contributed by atoms with E-state index in [-0.39, 0.29) is 29.6 Å². The third kappa shape index (κ3) is 4.77. The second-order valence-corrected chi connectivity index (χ2v) is 6.02. The van der Waals surface area contributed by atoms with Crippen LogP contribution in [0.4, 0.5) is 16.4 Å². The van der Waals surface area contributed by atoms with Crippen LogP contribution in [0.25, 0.3) is 0 Å². The number of carboxylic acid groups (broad SMARTS) is 1. The fourth-order valence-corrected chi connectivity index (χ4v) is 2.43. The number of benzene rings is 1. The lowest BCUT2D eigenvalue weighted by atomic mass is 10.2. The summed E-state index contributed by atoms with van der Waals surface area (Å²) in [6.45, 7) is 0.101. The third-order valence-corrected chi connectivity index (χ3v) is 3.90. The van der Waals surface area contributed by atoms with Crippen molar-refractivity contribution >= 4 is 29.6 Å². The molecule has 0 fully saturated rings. The normalized spacial score (nSPS) is 10.4. The molecule has 2 amide bonds. The number of ether oxygens (including phenoxy) is 1. The van der Waals surface area contributed by atoms with Crippen LogP contribution in [0.1, 0.15) is 26.5 Å². The molecule has 0 radical (unpaired) electrons. The van der Waals surface area contributed by atoms with E-state index in [1.165, 1.54) is 28.5 Å². The molecule has 2 aromatic heterocycles. The maximum absolute atomic E-state index is 12.4. The zero-order valence-electron chi connectivity index (χ0n) is 15.6. The lowest BCUT2D eigenvalue weighted by Crippen LogP contribution is -2.15. The molecule has 3 rings (SSSR count). The number of carboxylic acids is 1. The minimum absolute atomic E-state index is 0.0175. The molecule has 0 bridgehead atoms. The topological polar surface area (TPSA) is 140 Å². The summed E-state index contributed by atoms with van der Waals surface area (Å²) in [4.78, 5) is 35.3. The maximum Gasteiger partial charge on any atom is 0.413 e. The van der Waals surface area contributed by atoms with E-state index in [1.54, 1.807) is 7.05 Å². The van der Waals surface area contributed by atoms with Crippen molar-refractivity contribution in [3.63, 3.8) is 0 Å². The molecule has 0 aliphatic carbocycles. The molecular formula is C18H18N6O5. The Hall–Kier alpha value is -4.15. The fraction of sp³-hybridized carbons (Fsp3) is 0.167. The summed E-state index contributed by atoms with van der Waals surface area (Å²) < 4.78 is 7.67. The van der Waals surface area contributed by atoms with Gasteiger partial charge in [-0.15, -0.1) is 0 Å². The highest BCUT2D eigenvalue weighted by Gasteiger charge is 2.18. The summed E-state index contributed by atoms with van der Waals surface area (Å²) in [5.74, 6) is -1.36. The molecule has 0 unspecified atom stereocenters. The Bertz CT molecular complexity index is 1060. The van der Waals surface area contributed by atoms with Gasteiger partial charge in [-0.2, -0.15) is 10.2 Å². The molecule has 3 N–H and O–H groups in total. The Balaban J connectivity index is 1.62. The van der Waals surface area contributed by atoms with Gasteiger partial charge in [0.2, 0.25) is 0 Å². The van der Waals surface area contributed by atoms with Gasteiger partial charge in [0.15, 0.2) is 11.4 Å². The number of rotatable bonds is 6. The number of aryl methyl sites for hydroxylation is 2. The smallest absolute Gasteiger partial charge is 0.413 e. The van der Waals surface area contributed by atoms with Gasteiger partial charge >= 0.3 is 12.1 Å². The number of nitrogens with one attached hydrogen (secondary N) is 2. The van der Waals surface area contributed by atoms with E-state index in [9.17, 15) is 14.4 Å². The first-order valence-electron chi connectivity index (χ1n) is 8.44. The monoisotopic (exact) mass is 398 g/mol. The lowest BCUT2D eigenvalue weighted by molar-refractivity contribution is 0.0689. The van der Waals surface area contributed by atoms with Gasteiger partial charge in [-0.3, -0.25) is 19.5 Å². The van der Waals surface area contributed by atoms with Crippen molar-refractivity contribution in [1.29, 1.82) is 0 Å². The molecule has 3 aromatic rings. The lowest BCUT2D eigenvalue weighted by Gasteiger charge is -2.06. The molecule has 0 atom stereocenters. The van der Waals surface area contributed by atoms with E-state index in [2.05, 4.69) is 20.8 Å². The summed E-state index contributed by atoms with van der Waals surface area (Å²) in [7, 11) is 3.05. The van der Waals surface area contributed by atoms with Gasteiger partial charge in [-0.25, -0.2) is 9.59 Å². The second-order valence-electron chi connectivity index (χ2n) is 6.02. The summed E-state index contributed by atoms with van der Waals surface area (Å²) in [6.07, 6.45) is -0.693. The van der Waals surface area contributed by atoms with Crippen LogP contribution in [0.5, 0.6) is 0 Å². The summed E-state index contributed by atoms with van der Waals surface area (Å²) in [5, 5.41) is 21.8. The third-order valence-electron chi connectivity index (χ3n) is 3.90. The van der Waals surface area contributed by atoms with Crippen LogP contribution in [0.2, 0.25) is 0 Å². The molecule has 0 saturated heterocycles. The SMILES string of the molecule is Cn1nc(C(=O)Nc2cc(C(=O)O)nn2C)cc1NC(=O)OCc1ccccc1. The van der Waals surface area contributed by atoms with Gasteiger partial charge in [0.25, 0.3) is 5.91 Å². The van der Waals surface area contributed by atoms with Crippen molar-refractivity contribution in [2.75, 3.05) is 10.6 Å². The Morgan fingerprint density at radius 3 is 2.17 bits per heavy atom. The van der Waals surface area contributed by atoms with Crippen molar-refractivity contribution in [2.24, 2.45) is 14.1 Å². The number of carbonyl (C=O) groups excluding carboxylic acids is 2. The zero-order valence-corrected chi connectivity index (χ0v) is 15.6. The molecule has 1 aromatic carbocycles. The predicted molar refractivity (Wildman–Crippen MR) is 102 cm³/mol. The van der Waals surface area contributed by atoms with Crippen LogP contribution in [0.3, 0.4) is 0 Å². The largest absolute Gasteiger partial charge is 0.476 e. The fourth-order valence-electron chi connectivity index (χ4n) is 2.43. The molecule has 0 aliphatic heterocycles. The van der Waals surface area contributed by atoms with Crippen molar-refractivity contribution in [2.45, 2.75) is 6.61 Å². The maximum atomic E-state index is 12.4. The Kier molecular flexibility index (Phi) is 5.58. The number of hydrogen-bond acceptors (Lipinski definition) is 6. The summed E-state index contributed by atoms with van der Waals surface area (Å²) in [5.41, 5.74) is 0.654. The number of anilines is 2. The van der Waals surface area contributed by atoms with Crippen LogP contribution in [-0.4, -0.2) is 42.6 Å². The van der Waals surface area contributed by atoms with Crippen LogP contribution in [0, 0.1) is 0 Å². The first-order chi connectivity index (χ1) is 13.8. The van der Waals surface area contributed by atoms with Crippen molar-refractivity contribution in [1.82, 2.24) is 19.6 Å². The molecule has 11 heteroatoms. The second kappa shape index (κ2) is 8.25. The summed E-state index contributed by atoms with van der Waals surface area (Å²) >= 11 is 0. The zero-order chi connectivity index (χ0) is 21.0. The van der Waals surface area contributed by atoms with E-state index in [1.807, 2.05) is 30.3 Å². The van der Waals surface area contributed by atoms with Crippen LogP contribution < -0.4 is 10.6 Å². The van der Waals surface area contributed by atoms with Crippen molar-refractivity contribution < 1.29 is 24.2 Å². The number of carbonyl (C=O) groups is 3. The van der Waals surface area contributed by atoms with E-state index < -0.39 is 18.0 Å². The molecular weight excluding hydrogens is 380 g/mol. The first-order valence-corrected chi connectivity index (χ1v) is 8.44. The Labute approximate surface area is 164 Å². The highest BCUT2D eigenvalue weighted by atomic mass is 16.5. The number of amides is 2. The number of hydrogen-bond donors (Lipinski definition) is 3. The molecule has 150 valence electrons. The molecule has 0 spiro atoms. The molecule has 11 nitrogen and oxygen atoms in total. The molecule has 29 heavy (non-hydrogen) atoms. The Morgan fingerprint density at radius 2 is 1.55 bits per heavy atom. The first kappa shape index (κ1) is 19.6. The minimum Gasteiger partial charge on any atom is -0.476 e. The van der Waals surface area contributed by atoms with Crippen LogP contribution >= 0.6 is 0 Å². The molecule has 0 aliphatic rings. The highest BCUT2D eigenvalue weighted by Crippen LogP contribution is 2.14. The average molecular weight is 398 g/mol. The number of nitrogens with zero attached hydrogens (tertiary/aromatic N) is 4. The van der Waals surface area contributed by atoms with Gasteiger partial charge < -0.3 is 15.2 Å². The minimum atomic E-state index is -1.21. The van der Waals surface area contributed by atoms with Gasteiger partial charge in [-0.1, -0.05) is 30.3 Å². The number of aromatic nitrogens is 4. The number of aromatic carboxylic acids is 1. The van der Waals surface area contributed by atoms with E-state index >= 15 is 0 Å².